The monoisotopic (exact) mass is 354 g/mol. The van der Waals surface area contributed by atoms with Gasteiger partial charge in [0.05, 0.1) is 5.41 Å². The molecule has 6 unspecified atom stereocenters. The van der Waals surface area contributed by atoms with Gasteiger partial charge >= 0.3 is 0 Å². The molecule has 6 atom stereocenters. The molecule has 0 aromatic carbocycles. The molecule has 2 saturated carbocycles. The molecular formula is C19H34N2O2S. The predicted octanol–water partition coefficient (Wildman–Crippen LogP) is 3.17. The largest absolute Gasteiger partial charge is 0.359 e. The van der Waals surface area contributed by atoms with Crippen LogP contribution in [-0.2, 0) is 9.59 Å². The predicted molar refractivity (Wildman–Crippen MR) is 101 cm³/mol. The minimum atomic E-state index is -0.503. The first-order valence-electron chi connectivity index (χ1n) is 9.18. The summed E-state index contributed by atoms with van der Waals surface area (Å²) in [6, 6.07) is 0. The Balaban J connectivity index is 2.10. The first-order valence-corrected chi connectivity index (χ1v) is 9.63. The number of hydrogen-bond acceptors (Lipinski definition) is 3. The van der Waals surface area contributed by atoms with E-state index >= 15 is 0 Å². The Hall–Kier alpha value is -0.710. The van der Waals surface area contributed by atoms with Crippen molar-refractivity contribution in [3.8, 4) is 0 Å². The van der Waals surface area contributed by atoms with Gasteiger partial charge in [-0.15, -0.1) is 0 Å². The van der Waals surface area contributed by atoms with Gasteiger partial charge in [0.25, 0.3) is 0 Å². The molecule has 0 radical (unpaired) electrons. The van der Waals surface area contributed by atoms with Crippen molar-refractivity contribution < 1.29 is 9.59 Å². The Morgan fingerprint density at radius 2 is 1.71 bits per heavy atom. The maximum Gasteiger partial charge on any atom is 0.226 e. The highest BCUT2D eigenvalue weighted by atomic mass is 32.1. The van der Waals surface area contributed by atoms with Crippen LogP contribution >= 0.6 is 12.6 Å². The summed E-state index contributed by atoms with van der Waals surface area (Å²) in [5.41, 5.74) is -1.09. The molecule has 2 rings (SSSR count). The van der Waals surface area contributed by atoms with E-state index in [1.807, 2.05) is 20.8 Å². The van der Waals surface area contributed by atoms with Crippen molar-refractivity contribution in [1.29, 1.82) is 0 Å². The van der Waals surface area contributed by atoms with Crippen LogP contribution in [0.5, 0.6) is 0 Å². The first-order chi connectivity index (χ1) is 10.9. The molecule has 2 amide bonds. The van der Waals surface area contributed by atoms with E-state index in [4.69, 9.17) is 12.6 Å². The van der Waals surface area contributed by atoms with Gasteiger partial charge in [0.15, 0.2) is 0 Å². The van der Waals surface area contributed by atoms with Gasteiger partial charge in [-0.25, -0.2) is 0 Å². The second-order valence-electron chi connectivity index (χ2n) is 8.86. The van der Waals surface area contributed by atoms with Gasteiger partial charge in [0.2, 0.25) is 11.8 Å². The van der Waals surface area contributed by atoms with Crippen LogP contribution in [0, 0.1) is 22.7 Å². The average Bonchev–Trinajstić information content (AvgIpc) is 3.42. The first kappa shape index (κ1) is 19.6. The molecule has 24 heavy (non-hydrogen) atoms. The summed E-state index contributed by atoms with van der Waals surface area (Å²) < 4.78 is -0.0547. The van der Waals surface area contributed by atoms with E-state index in [-0.39, 0.29) is 28.0 Å². The highest BCUT2D eigenvalue weighted by Crippen LogP contribution is 2.63. The molecule has 0 aromatic rings. The molecule has 138 valence electrons. The Kier molecular flexibility index (Phi) is 4.84. The zero-order valence-corrected chi connectivity index (χ0v) is 17.1. The Morgan fingerprint density at radius 3 is 2.17 bits per heavy atom. The fourth-order valence-electron chi connectivity index (χ4n) is 4.45. The number of amides is 2. The summed E-state index contributed by atoms with van der Waals surface area (Å²) in [5, 5.41) is 6.06. The highest BCUT2D eigenvalue weighted by molar-refractivity contribution is 7.81. The fraction of sp³-hybridized carbons (Fsp3) is 0.895. The molecular weight excluding hydrogens is 320 g/mol. The van der Waals surface area contributed by atoms with E-state index in [1.165, 1.54) is 0 Å². The molecule has 0 bridgehead atoms. The van der Waals surface area contributed by atoms with Gasteiger partial charge in [0, 0.05) is 22.7 Å². The average molecular weight is 355 g/mol. The summed E-state index contributed by atoms with van der Waals surface area (Å²) in [6.07, 6.45) is 3.48. The van der Waals surface area contributed by atoms with Gasteiger partial charge < -0.3 is 10.6 Å². The van der Waals surface area contributed by atoms with Crippen LogP contribution in [0.25, 0.3) is 0 Å². The lowest BCUT2D eigenvalue weighted by molar-refractivity contribution is -0.134. The van der Waals surface area contributed by atoms with Crippen molar-refractivity contribution >= 4 is 24.4 Å². The van der Waals surface area contributed by atoms with Crippen LogP contribution in [-0.4, -0.2) is 29.1 Å². The summed E-state index contributed by atoms with van der Waals surface area (Å²) >= 11 is 4.79. The van der Waals surface area contributed by atoms with Crippen molar-refractivity contribution in [1.82, 2.24) is 10.6 Å². The third-order valence-electron chi connectivity index (χ3n) is 7.11. The number of rotatable bonds is 7. The summed E-state index contributed by atoms with van der Waals surface area (Å²) in [5.74, 6) is 0.634. The second-order valence-corrected chi connectivity index (χ2v) is 9.88. The highest BCUT2D eigenvalue weighted by Gasteiger charge is 2.66. The number of nitrogens with one attached hydrogen (secondary N) is 2. The van der Waals surface area contributed by atoms with Crippen LogP contribution in [0.4, 0.5) is 0 Å². The summed E-state index contributed by atoms with van der Waals surface area (Å²) in [6.45, 7) is 12.5. The van der Waals surface area contributed by atoms with Crippen molar-refractivity contribution in [2.24, 2.45) is 22.7 Å². The zero-order chi connectivity index (χ0) is 18.6. The van der Waals surface area contributed by atoms with Gasteiger partial charge in [-0.3, -0.25) is 9.59 Å². The third-order valence-corrected chi connectivity index (χ3v) is 7.74. The van der Waals surface area contributed by atoms with E-state index in [9.17, 15) is 9.59 Å². The summed E-state index contributed by atoms with van der Waals surface area (Å²) in [4.78, 5) is 25.3. The molecule has 0 spiro atoms. The number of hydrogen-bond donors (Lipinski definition) is 3. The van der Waals surface area contributed by atoms with Crippen LogP contribution in [0.1, 0.15) is 67.2 Å². The molecule has 2 aliphatic carbocycles. The maximum atomic E-state index is 13.1. The van der Waals surface area contributed by atoms with Gasteiger partial charge in [-0.2, -0.15) is 12.6 Å². The third kappa shape index (κ3) is 2.97. The van der Waals surface area contributed by atoms with Crippen molar-refractivity contribution in [3.63, 3.8) is 0 Å². The molecule has 0 heterocycles. The summed E-state index contributed by atoms with van der Waals surface area (Å²) in [7, 11) is 1.67. The number of carbonyl (C=O) groups is 2. The van der Waals surface area contributed by atoms with Crippen LogP contribution < -0.4 is 10.6 Å². The molecule has 2 N–H and O–H groups in total. The standard InChI is InChI=1S/C19H34N2O2S/c1-8-16(3,12-10-17(12,4)14(22)20-7)15(23)21-18(5)11-13(18)19(6,24)9-2/h12-13,24H,8-11H2,1-7H3,(H,20,22)(H,21,23). The van der Waals surface area contributed by atoms with Gasteiger partial charge in [0.1, 0.15) is 0 Å². The minimum Gasteiger partial charge on any atom is -0.359 e. The van der Waals surface area contributed by atoms with Crippen LogP contribution in [0.2, 0.25) is 0 Å². The van der Waals surface area contributed by atoms with E-state index < -0.39 is 10.8 Å². The lowest BCUT2D eigenvalue weighted by Gasteiger charge is -2.32. The Morgan fingerprint density at radius 1 is 1.12 bits per heavy atom. The quantitative estimate of drug-likeness (QED) is 0.615. The molecule has 0 aromatic heterocycles. The topological polar surface area (TPSA) is 58.2 Å². The normalized spacial score (nSPS) is 39.3. The molecule has 0 aliphatic heterocycles. The Labute approximate surface area is 152 Å². The molecule has 2 fully saturated rings. The lowest BCUT2D eigenvalue weighted by Crippen LogP contribution is -2.48. The lowest BCUT2D eigenvalue weighted by atomic mass is 9.77. The second kappa shape index (κ2) is 5.93. The molecule has 2 aliphatic rings. The van der Waals surface area contributed by atoms with E-state index in [0.29, 0.717) is 5.92 Å². The van der Waals surface area contributed by atoms with E-state index in [1.54, 1.807) is 7.05 Å². The van der Waals surface area contributed by atoms with E-state index in [2.05, 4.69) is 31.4 Å². The molecule has 5 heteroatoms. The van der Waals surface area contributed by atoms with Crippen molar-refractivity contribution in [2.45, 2.75) is 77.5 Å². The fourth-order valence-corrected chi connectivity index (χ4v) is 4.83. The SMILES string of the molecule is CCC(C)(S)C1CC1(C)NC(=O)C(C)(CC)C1CC1(C)C(=O)NC. The minimum absolute atomic E-state index is 0.0457. The molecule has 0 saturated heterocycles. The number of thiol groups is 1. The van der Waals surface area contributed by atoms with Gasteiger partial charge in [-0.1, -0.05) is 34.6 Å². The van der Waals surface area contributed by atoms with Crippen molar-refractivity contribution in [2.75, 3.05) is 7.05 Å². The smallest absolute Gasteiger partial charge is 0.226 e. The zero-order valence-electron chi connectivity index (χ0n) is 16.2. The van der Waals surface area contributed by atoms with Gasteiger partial charge in [-0.05, 0) is 44.4 Å². The van der Waals surface area contributed by atoms with Crippen LogP contribution in [0.15, 0.2) is 0 Å². The van der Waals surface area contributed by atoms with Crippen LogP contribution in [0.3, 0.4) is 0 Å². The molecule has 4 nitrogen and oxygen atoms in total. The van der Waals surface area contributed by atoms with Crippen molar-refractivity contribution in [3.05, 3.63) is 0 Å². The number of carbonyl (C=O) groups excluding carboxylic acids is 2. The Bertz CT molecular complexity index is 549. The maximum absolute atomic E-state index is 13.1. The van der Waals surface area contributed by atoms with E-state index in [0.717, 1.165) is 25.7 Å².